The number of likely N-dealkylation sites (N-methyl/N-ethyl adjacent to an activating group) is 3. The first-order valence-corrected chi connectivity index (χ1v) is 45.8. The number of hydrogen-bond acceptors (Lipinski definition) is 24. The van der Waals surface area contributed by atoms with Gasteiger partial charge >= 0.3 is 5.97 Å². The Hall–Kier alpha value is -13.1. The van der Waals surface area contributed by atoms with Crippen LogP contribution in [0.5, 0.6) is 5.75 Å². The van der Waals surface area contributed by atoms with Crippen molar-refractivity contribution < 1.29 is 102 Å². The second-order valence-corrected chi connectivity index (χ2v) is 35.2. The number of phenolic OH excluding ortho intramolecular Hbond substituents is 1. The number of primary amides is 2. The molecule has 0 unspecified atom stereocenters. The van der Waals surface area contributed by atoms with Crippen LogP contribution >= 0.6 is 23.1 Å². The van der Waals surface area contributed by atoms with E-state index in [9.17, 15) is 68.1 Å². The van der Waals surface area contributed by atoms with Crippen molar-refractivity contribution in [3.8, 4) is 5.75 Å². The van der Waals surface area contributed by atoms with Crippen LogP contribution in [0.4, 0.5) is 0 Å². The summed E-state index contributed by atoms with van der Waals surface area (Å²) >= 11 is 2.10. The Morgan fingerprint density at radius 3 is 1.82 bits per heavy atom. The number of thiophene rings is 1. The van der Waals surface area contributed by atoms with Crippen molar-refractivity contribution in [3.63, 3.8) is 0 Å². The zero-order valence-electron chi connectivity index (χ0n) is 74.6. The van der Waals surface area contributed by atoms with Gasteiger partial charge in [-0.2, -0.15) is 0 Å². The molecule has 0 spiro atoms. The molecule has 3 aromatic carbocycles. The molecule has 3 aliphatic rings. The Balaban J connectivity index is 1.09. The number of aromatic nitrogens is 3. The number of benzene rings is 3. The van der Waals surface area contributed by atoms with Gasteiger partial charge in [0.1, 0.15) is 90.3 Å². The topological polar surface area (TPSA) is 627 Å². The average Bonchev–Trinajstić information content (AvgIpc) is 1.72. The van der Waals surface area contributed by atoms with Crippen molar-refractivity contribution in [1.82, 2.24) is 92.6 Å². The Bertz CT molecular complexity index is 5150. The summed E-state index contributed by atoms with van der Waals surface area (Å²) in [6.07, 6.45) is 0.569. The first-order valence-electron chi connectivity index (χ1n) is 43.8. The van der Waals surface area contributed by atoms with Crippen LogP contribution in [-0.2, 0) is 112 Å². The standard InChI is InChI=1S/C88H119N21O21S2/c1-8-10-20-66-81(123)98-58(30-31-89)78(120)104-65(77(119)94-41-72(91)113)44-131-45-73(114)97-62(33-49-24-26-53(110)27-25-49)84(126)105(5)48(4)76(118)103-64(38-71(90)112)87(129)108-32-16-22-67(108)82(124)101-61(36-52-40-92-46-95-52)80(122)99-59(28-29-74(115)116)86(128)109-42-54(111)37-69(109)83(125)100-60(35-51-43-132-70-23-15-13-18-56(51)70)79(121)96-47(3)75(117)102-63(34-50-39-93-57-19-14-12-17-55(50)57)85(127)107(7)68(21-11-9-2)88(130)106(66)6/h12-15,17-19,23-27,39-40,43,46-48,54,58-69,93,110-111H,8-11,16,20-22,28-38,41-42,44-45,89H2,1-7H3,(H2,90,112)(H2,91,113)(H,92,95)(H,94,119)(H,96,121)(H,97,114)(H,98,123)(H,99,122)(H,100,125)(H,101,124)(H,102,117)(H,103,118)(H,104,120)(H,115,116)/t47-,48-,54+,58-,59-,60-,61-,62-,63-,64-,65-,66-,67-,68-,69-/m0/s1. The summed E-state index contributed by atoms with van der Waals surface area (Å²) < 4.78 is 0.798. The number of carboxylic acids is 1. The van der Waals surface area contributed by atoms with E-state index < -0.39 is 247 Å². The SMILES string of the molecule is CCCC[C@H]1C(=O)N(C)[C@@H](CCCC)C(=O)N[C@@H](CCN)C(=O)N[C@H](C(=O)NCC(N)=O)CSCC(=O)N[C@@H](Cc2ccc(O)cc2)C(=O)N(C)[C@@H](C)C(=O)N[C@@H](CC(N)=O)C(=O)N2CCC[C@H]2C(=O)N[C@@H](Cc2cnc[nH]2)C(=O)N[C@@H](CCC(=O)O)C(=O)N2C[C@H](O)C[C@H]2C(=O)N[C@@H](Cc2csc3ccccc23)C(=O)N[C@@H](C)C(=O)N[C@@H](Cc2c[nH]c3ccccc23)C(=O)N1C. The predicted octanol–water partition coefficient (Wildman–Crippen LogP) is -2.26. The van der Waals surface area contributed by atoms with E-state index in [1.165, 1.54) is 88.0 Å². The molecule has 714 valence electrons. The molecule has 44 heteroatoms. The van der Waals surface area contributed by atoms with Gasteiger partial charge in [-0.05, 0) is 111 Å². The number of carbonyl (C=O) groups excluding carboxylic acids is 17. The molecule has 15 atom stereocenters. The van der Waals surface area contributed by atoms with Gasteiger partial charge < -0.3 is 120 Å². The average molecular weight is 1870 g/mol. The number of aliphatic carboxylic acids is 1. The molecule has 0 aliphatic carbocycles. The second kappa shape index (κ2) is 48.7. The molecule has 6 aromatic rings. The third kappa shape index (κ3) is 28.0. The molecular formula is C88H119N21O21S2. The number of imidazole rings is 1. The van der Waals surface area contributed by atoms with Gasteiger partial charge in [-0.1, -0.05) is 88.1 Å². The number of nitrogens with two attached hydrogens (primary N) is 3. The number of amides is 17. The van der Waals surface area contributed by atoms with E-state index in [1.54, 1.807) is 54.0 Å². The van der Waals surface area contributed by atoms with Crippen LogP contribution in [0.2, 0.25) is 0 Å². The number of aliphatic hydroxyl groups excluding tert-OH is 1. The molecule has 17 amide bonds. The number of rotatable bonds is 24. The van der Waals surface area contributed by atoms with E-state index in [4.69, 9.17) is 17.2 Å². The number of fused-ring (bicyclic) bond motifs is 4. The molecule has 3 aliphatic heterocycles. The summed E-state index contributed by atoms with van der Waals surface area (Å²) in [4.78, 5) is 276. The fourth-order valence-electron chi connectivity index (χ4n) is 16.1. The molecular weight excluding hydrogens is 1750 g/mol. The lowest BCUT2D eigenvalue weighted by atomic mass is 10.00. The largest absolute Gasteiger partial charge is 0.508 e. The first kappa shape index (κ1) is 103. The van der Waals surface area contributed by atoms with Crippen LogP contribution in [0.3, 0.4) is 0 Å². The lowest BCUT2D eigenvalue weighted by Crippen LogP contribution is -2.61. The summed E-state index contributed by atoms with van der Waals surface area (Å²) in [5.41, 5.74) is 19.6. The van der Waals surface area contributed by atoms with Gasteiger partial charge in [-0.25, -0.2) is 4.98 Å². The fourth-order valence-corrected chi connectivity index (χ4v) is 17.9. The molecule has 0 radical (unpaired) electrons. The molecule has 132 heavy (non-hydrogen) atoms. The van der Waals surface area contributed by atoms with Gasteiger partial charge in [0.15, 0.2) is 0 Å². The first-order chi connectivity index (χ1) is 62.9. The number of carboxylic acid groups (broad SMARTS) is 1. The fraction of sp³-hybridized carbons (Fsp3) is 0.511. The van der Waals surface area contributed by atoms with Crippen LogP contribution in [0.1, 0.15) is 134 Å². The highest BCUT2D eigenvalue weighted by Crippen LogP contribution is 2.30. The lowest BCUT2D eigenvalue weighted by Gasteiger charge is -2.36. The molecule has 6 heterocycles. The van der Waals surface area contributed by atoms with Gasteiger partial charge in [0.2, 0.25) is 100 Å². The molecule has 21 N–H and O–H groups in total. The number of thioether (sulfide) groups is 1. The number of unbranched alkanes of at least 4 members (excludes halogenated alkanes) is 2. The number of hydrogen-bond donors (Lipinski definition) is 18. The number of aromatic amines is 2. The number of aromatic hydroxyl groups is 1. The molecule has 9 rings (SSSR count). The molecule has 0 saturated carbocycles. The Kier molecular flexibility index (Phi) is 37.9. The molecule has 3 saturated heterocycles. The van der Waals surface area contributed by atoms with Gasteiger partial charge in [0, 0.05) is 112 Å². The van der Waals surface area contributed by atoms with E-state index in [-0.39, 0.29) is 82.3 Å². The molecule has 3 fully saturated rings. The zero-order valence-corrected chi connectivity index (χ0v) is 76.2. The second-order valence-electron chi connectivity index (χ2n) is 33.3. The van der Waals surface area contributed by atoms with Crippen LogP contribution in [0.15, 0.2) is 96.9 Å². The summed E-state index contributed by atoms with van der Waals surface area (Å²) in [6, 6.07) is -1.98. The van der Waals surface area contributed by atoms with Gasteiger partial charge in [0.05, 0.1) is 31.1 Å². The maximum absolute atomic E-state index is 15.6. The highest BCUT2D eigenvalue weighted by atomic mass is 32.2. The van der Waals surface area contributed by atoms with Crippen LogP contribution in [0.25, 0.3) is 21.0 Å². The zero-order chi connectivity index (χ0) is 96.3. The van der Waals surface area contributed by atoms with E-state index in [2.05, 4.69) is 68.1 Å². The van der Waals surface area contributed by atoms with Gasteiger partial charge in [-0.3, -0.25) is 86.3 Å². The van der Waals surface area contributed by atoms with Crippen molar-refractivity contribution in [2.24, 2.45) is 17.2 Å². The predicted molar refractivity (Wildman–Crippen MR) is 484 cm³/mol. The maximum Gasteiger partial charge on any atom is 0.303 e. The highest BCUT2D eigenvalue weighted by molar-refractivity contribution is 8.00. The normalized spacial score (nSPS) is 25.0. The third-order valence-corrected chi connectivity index (χ3v) is 25.6. The van der Waals surface area contributed by atoms with Crippen molar-refractivity contribution in [3.05, 3.63) is 119 Å². The number of aliphatic hydroxyl groups is 1. The number of carbonyl (C=O) groups is 18. The van der Waals surface area contributed by atoms with Crippen molar-refractivity contribution >= 4 is 150 Å². The minimum absolute atomic E-state index is 0.0115. The van der Waals surface area contributed by atoms with Gasteiger partial charge in [-0.15, -0.1) is 23.1 Å². The van der Waals surface area contributed by atoms with E-state index in [0.717, 1.165) is 36.1 Å². The molecule has 0 bridgehead atoms. The quantitative estimate of drug-likeness (QED) is 0.0304. The lowest BCUT2D eigenvalue weighted by molar-refractivity contribution is -0.149. The Morgan fingerprint density at radius 2 is 1.15 bits per heavy atom. The van der Waals surface area contributed by atoms with Crippen LogP contribution in [0, 0.1) is 0 Å². The van der Waals surface area contributed by atoms with Crippen molar-refractivity contribution in [2.45, 2.75) is 228 Å². The highest BCUT2D eigenvalue weighted by Gasteiger charge is 2.47. The van der Waals surface area contributed by atoms with E-state index in [0.29, 0.717) is 58.7 Å². The van der Waals surface area contributed by atoms with Crippen LogP contribution < -0.4 is 70.4 Å². The van der Waals surface area contributed by atoms with Crippen LogP contribution in [-0.4, -0.2) is 311 Å². The summed E-state index contributed by atoms with van der Waals surface area (Å²) in [5, 5.41) is 61.0. The number of para-hydroxylation sites is 1. The molecule has 42 nitrogen and oxygen atoms in total. The Morgan fingerprint density at radius 1 is 0.561 bits per heavy atom. The third-order valence-electron chi connectivity index (χ3n) is 23.6. The maximum atomic E-state index is 15.6. The minimum Gasteiger partial charge on any atom is -0.508 e. The minimum atomic E-state index is -1.82. The monoisotopic (exact) mass is 1870 g/mol. The number of nitrogens with zero attached hydrogens (tertiary/aromatic N) is 6. The summed E-state index contributed by atoms with van der Waals surface area (Å²) in [6.45, 7) is 4.62. The number of nitrogens with one attached hydrogen (secondary N) is 12. The smallest absolute Gasteiger partial charge is 0.303 e. The summed E-state index contributed by atoms with van der Waals surface area (Å²) in [7, 11) is 3.93. The number of H-pyrrole nitrogens is 2. The summed E-state index contributed by atoms with van der Waals surface area (Å²) in [5.74, 6) is -18.8. The van der Waals surface area contributed by atoms with Crippen molar-refractivity contribution in [1.29, 1.82) is 0 Å². The van der Waals surface area contributed by atoms with Crippen molar-refractivity contribution in [2.75, 3.05) is 58.8 Å². The molecule has 3 aromatic heterocycles. The van der Waals surface area contributed by atoms with E-state index >= 15 is 33.6 Å². The van der Waals surface area contributed by atoms with E-state index in [1.807, 2.05) is 19.9 Å². The Labute approximate surface area is 769 Å². The number of phenols is 1. The van der Waals surface area contributed by atoms with Gasteiger partial charge in [0.25, 0.3) is 0 Å².